The van der Waals surface area contributed by atoms with Gasteiger partial charge in [-0.2, -0.15) is 9.90 Å². The van der Waals surface area contributed by atoms with Gasteiger partial charge in [-0.1, -0.05) is 23.7 Å². The lowest BCUT2D eigenvalue weighted by Crippen LogP contribution is -2.24. The lowest BCUT2D eigenvalue weighted by Gasteiger charge is -2.01. The number of rotatable bonds is 6. The monoisotopic (exact) mass is 429 g/mol. The first-order valence-corrected chi connectivity index (χ1v) is 8.81. The van der Waals surface area contributed by atoms with Crippen molar-refractivity contribution in [1.29, 1.82) is 0 Å². The van der Waals surface area contributed by atoms with Gasteiger partial charge < -0.3 is 9.47 Å². The lowest BCUT2D eigenvalue weighted by atomic mass is 10.1. The smallest absolute Gasteiger partial charge is 0.282 e. The first-order valence-electron chi connectivity index (χ1n) is 8.44. The van der Waals surface area contributed by atoms with Crippen LogP contribution in [0.5, 0.6) is 11.5 Å². The van der Waals surface area contributed by atoms with Crippen LogP contribution in [0.4, 0.5) is 5.69 Å². The quantitative estimate of drug-likeness (QED) is 0.354. The van der Waals surface area contributed by atoms with E-state index in [9.17, 15) is 14.9 Å². The van der Waals surface area contributed by atoms with Gasteiger partial charge in [-0.3, -0.25) is 14.9 Å². The summed E-state index contributed by atoms with van der Waals surface area (Å²) in [7, 11) is 0. The molecule has 2 aromatic carbocycles. The predicted octanol–water partition coefficient (Wildman–Crippen LogP) is 1.78. The van der Waals surface area contributed by atoms with Crippen molar-refractivity contribution in [2.45, 2.75) is 6.54 Å². The van der Waals surface area contributed by atoms with Gasteiger partial charge in [-0.15, -0.1) is 10.2 Å². The molecular formula is C17H12ClN7O5. The summed E-state index contributed by atoms with van der Waals surface area (Å²) in [6.45, 7) is -0.289. The van der Waals surface area contributed by atoms with Crippen LogP contribution in [0.15, 0.2) is 41.5 Å². The fraction of sp³-hybridized carbons (Fsp3) is 0.118. The largest absolute Gasteiger partial charge is 0.454 e. The molecule has 1 aromatic heterocycles. The van der Waals surface area contributed by atoms with Crippen LogP contribution in [-0.4, -0.2) is 44.0 Å². The molecule has 1 aliphatic heterocycles. The SMILES string of the molecule is O=C(Cn1nnc(-c2ccccc2Cl)n1)N/N=C/c1cc2c(cc1[N+](=O)[O-])OCO2. The van der Waals surface area contributed by atoms with Gasteiger partial charge in [0.1, 0.15) is 6.54 Å². The van der Waals surface area contributed by atoms with Crippen molar-refractivity contribution < 1.29 is 19.2 Å². The number of ether oxygens (including phenoxy) is 2. The van der Waals surface area contributed by atoms with Gasteiger partial charge in [0.05, 0.1) is 27.8 Å². The Morgan fingerprint density at radius 1 is 1.33 bits per heavy atom. The van der Waals surface area contributed by atoms with Gasteiger partial charge in [0.25, 0.3) is 11.6 Å². The number of hydrogen-bond donors (Lipinski definition) is 1. The number of carbonyl (C=O) groups excluding carboxylic acids is 1. The third-order valence-electron chi connectivity index (χ3n) is 3.96. The van der Waals surface area contributed by atoms with Crippen molar-refractivity contribution in [3.05, 3.63) is 57.1 Å². The Morgan fingerprint density at radius 3 is 2.87 bits per heavy atom. The van der Waals surface area contributed by atoms with E-state index in [0.29, 0.717) is 16.3 Å². The number of nitrogens with zero attached hydrogens (tertiary/aromatic N) is 6. The van der Waals surface area contributed by atoms with Crippen molar-refractivity contribution in [1.82, 2.24) is 25.6 Å². The molecule has 1 N–H and O–H groups in total. The second-order valence-corrected chi connectivity index (χ2v) is 6.35. The average Bonchev–Trinajstić information content (AvgIpc) is 3.36. The molecule has 152 valence electrons. The molecule has 0 fully saturated rings. The highest BCUT2D eigenvalue weighted by Crippen LogP contribution is 2.37. The van der Waals surface area contributed by atoms with Crippen LogP contribution in [0.25, 0.3) is 11.4 Å². The summed E-state index contributed by atoms with van der Waals surface area (Å²) >= 11 is 6.09. The Bertz CT molecular complexity index is 1160. The number of benzene rings is 2. The summed E-state index contributed by atoms with van der Waals surface area (Å²) in [5, 5.41) is 27.2. The standard InChI is InChI=1S/C17H12ClN7O5/c18-12-4-2-1-3-11(12)17-21-23-24(22-17)8-16(26)20-19-7-10-5-14-15(30-9-29-14)6-13(10)25(27)28/h1-7H,8-9H2,(H,20,26)/b19-7+. The van der Waals surface area contributed by atoms with Gasteiger partial charge in [-0.05, 0) is 23.4 Å². The molecule has 0 aliphatic carbocycles. The number of aromatic nitrogens is 4. The highest BCUT2D eigenvalue weighted by atomic mass is 35.5. The molecule has 1 aliphatic rings. The lowest BCUT2D eigenvalue weighted by molar-refractivity contribution is -0.385. The van der Waals surface area contributed by atoms with Crippen LogP contribution >= 0.6 is 11.6 Å². The van der Waals surface area contributed by atoms with Gasteiger partial charge in [0, 0.05) is 5.56 Å². The number of hydrazone groups is 1. The molecule has 0 spiro atoms. The van der Waals surface area contributed by atoms with Crippen molar-refractivity contribution in [3.63, 3.8) is 0 Å². The molecule has 0 saturated heterocycles. The Kier molecular flexibility index (Phi) is 5.22. The number of hydrogen-bond acceptors (Lipinski definition) is 9. The van der Waals surface area contributed by atoms with Gasteiger partial charge in [0.2, 0.25) is 12.6 Å². The zero-order valence-electron chi connectivity index (χ0n) is 15.1. The zero-order valence-corrected chi connectivity index (χ0v) is 15.8. The number of nitro benzene ring substituents is 1. The predicted molar refractivity (Wildman–Crippen MR) is 103 cm³/mol. The fourth-order valence-corrected chi connectivity index (χ4v) is 2.83. The number of tetrazole rings is 1. The molecule has 30 heavy (non-hydrogen) atoms. The Hall–Kier alpha value is -4.06. The van der Waals surface area contributed by atoms with Gasteiger partial charge >= 0.3 is 0 Å². The molecular weight excluding hydrogens is 418 g/mol. The van der Waals surface area contributed by atoms with Crippen molar-refractivity contribution in [2.75, 3.05) is 6.79 Å². The average molecular weight is 430 g/mol. The molecule has 0 radical (unpaired) electrons. The van der Waals surface area contributed by atoms with Crippen LogP contribution < -0.4 is 14.9 Å². The van der Waals surface area contributed by atoms with E-state index in [1.165, 1.54) is 12.1 Å². The number of fused-ring (bicyclic) bond motifs is 1. The highest BCUT2D eigenvalue weighted by molar-refractivity contribution is 6.33. The van der Waals surface area contributed by atoms with E-state index in [2.05, 4.69) is 25.9 Å². The summed E-state index contributed by atoms with van der Waals surface area (Å²) in [6.07, 6.45) is 1.14. The van der Waals surface area contributed by atoms with Crippen LogP contribution in [0.2, 0.25) is 5.02 Å². The van der Waals surface area contributed by atoms with Crippen LogP contribution in [0.1, 0.15) is 5.56 Å². The van der Waals surface area contributed by atoms with E-state index in [1.807, 2.05) is 0 Å². The molecule has 0 bridgehead atoms. The minimum Gasteiger partial charge on any atom is -0.454 e. The third kappa shape index (κ3) is 4.03. The zero-order chi connectivity index (χ0) is 21.1. The second-order valence-electron chi connectivity index (χ2n) is 5.94. The van der Waals surface area contributed by atoms with E-state index < -0.39 is 10.8 Å². The Balaban J connectivity index is 1.42. The number of halogens is 1. The van der Waals surface area contributed by atoms with E-state index in [4.69, 9.17) is 21.1 Å². The molecule has 0 atom stereocenters. The maximum absolute atomic E-state index is 12.1. The van der Waals surface area contributed by atoms with E-state index in [-0.39, 0.29) is 36.2 Å². The van der Waals surface area contributed by atoms with Crippen LogP contribution in [-0.2, 0) is 11.3 Å². The third-order valence-corrected chi connectivity index (χ3v) is 4.29. The summed E-state index contributed by atoms with van der Waals surface area (Å²) in [5.74, 6) is 0.340. The molecule has 3 aromatic rings. The van der Waals surface area contributed by atoms with Crippen molar-refractivity contribution >= 4 is 29.4 Å². The minimum absolute atomic E-state index is 0.0229. The van der Waals surface area contributed by atoms with Crippen molar-refractivity contribution in [2.24, 2.45) is 5.10 Å². The first kappa shape index (κ1) is 19.3. The maximum atomic E-state index is 12.1. The normalized spacial score (nSPS) is 12.3. The van der Waals surface area contributed by atoms with Gasteiger partial charge in [0.15, 0.2) is 11.5 Å². The van der Waals surface area contributed by atoms with E-state index >= 15 is 0 Å². The summed E-state index contributed by atoms with van der Waals surface area (Å²) < 4.78 is 10.3. The summed E-state index contributed by atoms with van der Waals surface area (Å²) in [4.78, 5) is 23.8. The molecule has 0 unspecified atom stereocenters. The first-order chi connectivity index (χ1) is 14.5. The minimum atomic E-state index is -0.583. The number of nitrogens with one attached hydrogen (secondary N) is 1. The van der Waals surface area contributed by atoms with Crippen LogP contribution in [0, 0.1) is 10.1 Å². The van der Waals surface area contributed by atoms with Gasteiger partial charge in [-0.25, -0.2) is 5.43 Å². The summed E-state index contributed by atoms with van der Waals surface area (Å²) in [6, 6.07) is 9.61. The van der Waals surface area contributed by atoms with E-state index in [0.717, 1.165) is 11.0 Å². The molecule has 13 heteroatoms. The number of amides is 1. The number of nitro groups is 1. The molecule has 1 amide bonds. The Morgan fingerprint density at radius 2 is 2.10 bits per heavy atom. The molecule has 12 nitrogen and oxygen atoms in total. The highest BCUT2D eigenvalue weighted by Gasteiger charge is 2.22. The molecule has 4 rings (SSSR count). The fourth-order valence-electron chi connectivity index (χ4n) is 2.61. The molecule has 0 saturated carbocycles. The maximum Gasteiger partial charge on any atom is 0.282 e. The van der Waals surface area contributed by atoms with Crippen molar-refractivity contribution in [3.8, 4) is 22.9 Å². The van der Waals surface area contributed by atoms with E-state index in [1.54, 1.807) is 24.3 Å². The Labute approximate surface area is 173 Å². The number of carbonyl (C=O) groups is 1. The molecule has 2 heterocycles. The summed E-state index contributed by atoms with van der Waals surface area (Å²) in [5.41, 5.74) is 2.74. The second kappa shape index (κ2) is 8.13. The van der Waals surface area contributed by atoms with Crippen LogP contribution in [0.3, 0.4) is 0 Å². The topological polar surface area (TPSA) is 147 Å².